The van der Waals surface area contributed by atoms with Crippen molar-refractivity contribution in [3.63, 3.8) is 0 Å². The highest BCUT2D eigenvalue weighted by Gasteiger charge is 2.19. The van der Waals surface area contributed by atoms with Gasteiger partial charge in [0.25, 0.3) is 0 Å². The third-order valence-electron chi connectivity index (χ3n) is 14.9. The van der Waals surface area contributed by atoms with E-state index in [0.717, 1.165) is 148 Å². The molecule has 1 unspecified atom stereocenters. The molecule has 0 aromatic heterocycles. The van der Waals surface area contributed by atoms with Gasteiger partial charge >= 0.3 is 17.9 Å². The highest BCUT2D eigenvalue weighted by molar-refractivity contribution is 5.71. The molecule has 474 valence electrons. The summed E-state index contributed by atoms with van der Waals surface area (Å²) in [6.07, 6.45) is 98.0. The second kappa shape index (κ2) is 70.3. The maximum atomic E-state index is 12.9. The van der Waals surface area contributed by atoms with E-state index in [4.69, 9.17) is 14.2 Å². The van der Waals surface area contributed by atoms with E-state index >= 15 is 0 Å². The van der Waals surface area contributed by atoms with E-state index in [9.17, 15) is 14.4 Å². The van der Waals surface area contributed by atoms with Crippen LogP contribution in [0.2, 0.25) is 0 Å². The lowest BCUT2D eigenvalue weighted by molar-refractivity contribution is -0.167. The standard InChI is InChI=1S/C77H130O6/c1-4-7-10-13-16-19-22-25-28-30-31-32-33-34-35-36-37-38-39-40-41-42-43-44-45-47-49-52-55-58-61-64-67-70-76(79)82-73-74(72-81-75(78)69-66-63-60-57-54-51-48-27-24-21-18-15-12-9-6-3)83-77(80)71-68-65-62-59-56-53-50-46-29-26-23-20-17-14-11-8-5-2/h7-8,10-11,16-21,25-29,31-32,48,50,53,74H,4-6,9,12-15,22-24,30,33-47,49,51-52,54-73H2,1-3H3/b10-7-,11-8-,19-16-,20-17-,21-18-,28-25-,29-26-,32-31-,48-27-,53-50-. The predicted octanol–water partition coefficient (Wildman–Crippen LogP) is 24.3. The number of esters is 3. The normalized spacial score (nSPS) is 12.9. The van der Waals surface area contributed by atoms with Crippen LogP contribution in [0.4, 0.5) is 0 Å². The van der Waals surface area contributed by atoms with E-state index in [2.05, 4.69) is 142 Å². The predicted molar refractivity (Wildman–Crippen MR) is 362 cm³/mol. The van der Waals surface area contributed by atoms with Gasteiger partial charge in [0.05, 0.1) is 0 Å². The monoisotopic (exact) mass is 1150 g/mol. The molecule has 0 aliphatic carbocycles. The van der Waals surface area contributed by atoms with Gasteiger partial charge in [-0.3, -0.25) is 14.4 Å². The van der Waals surface area contributed by atoms with Crippen molar-refractivity contribution >= 4 is 17.9 Å². The van der Waals surface area contributed by atoms with Crippen molar-refractivity contribution in [1.82, 2.24) is 0 Å². The van der Waals surface area contributed by atoms with E-state index < -0.39 is 6.10 Å². The Bertz CT molecular complexity index is 1700. The molecular weight excluding hydrogens is 1020 g/mol. The van der Waals surface area contributed by atoms with Crippen LogP contribution >= 0.6 is 0 Å². The lowest BCUT2D eigenvalue weighted by Gasteiger charge is -2.18. The van der Waals surface area contributed by atoms with Crippen molar-refractivity contribution in [3.8, 4) is 0 Å². The molecule has 0 bridgehead atoms. The third-order valence-corrected chi connectivity index (χ3v) is 14.9. The van der Waals surface area contributed by atoms with Gasteiger partial charge in [-0.05, 0) is 128 Å². The number of carbonyl (C=O) groups is 3. The number of hydrogen-bond donors (Lipinski definition) is 0. The maximum absolute atomic E-state index is 12.9. The van der Waals surface area contributed by atoms with Crippen molar-refractivity contribution in [2.45, 2.75) is 335 Å². The molecule has 0 heterocycles. The molecule has 6 heteroatoms. The van der Waals surface area contributed by atoms with Crippen LogP contribution in [-0.4, -0.2) is 37.2 Å². The summed E-state index contributed by atoms with van der Waals surface area (Å²) in [4.78, 5) is 38.4. The van der Waals surface area contributed by atoms with Crippen LogP contribution in [0, 0.1) is 0 Å². The number of ether oxygens (including phenoxy) is 3. The molecular formula is C77H130O6. The number of unbranched alkanes of at least 4 members (excludes halogenated alkanes) is 32. The molecule has 0 N–H and O–H groups in total. The van der Waals surface area contributed by atoms with Crippen LogP contribution in [-0.2, 0) is 28.6 Å². The Hall–Kier alpha value is -4.19. The van der Waals surface area contributed by atoms with E-state index in [1.54, 1.807) is 0 Å². The molecule has 0 aromatic rings. The van der Waals surface area contributed by atoms with Gasteiger partial charge < -0.3 is 14.2 Å². The summed E-state index contributed by atoms with van der Waals surface area (Å²) >= 11 is 0. The van der Waals surface area contributed by atoms with Crippen LogP contribution in [0.5, 0.6) is 0 Å². The smallest absolute Gasteiger partial charge is 0.306 e. The Morgan fingerprint density at radius 1 is 0.253 bits per heavy atom. The SMILES string of the molecule is CC/C=C\C/C=C\C/C=C\C/C=C\CCCCCCCCCCCCCCCCCCCCCCC(=O)OCC(COC(=O)CCCCCCC/C=C\C/C=C\CCCCC)OC(=O)CCCCCC/C=C\C/C=C\C/C=C\C/C=C\CC. The fourth-order valence-corrected chi connectivity index (χ4v) is 9.75. The van der Waals surface area contributed by atoms with Crippen LogP contribution in [0.15, 0.2) is 122 Å². The molecule has 0 aliphatic rings. The molecule has 0 aliphatic heterocycles. The first-order valence-electron chi connectivity index (χ1n) is 35.0. The molecule has 0 aromatic carbocycles. The van der Waals surface area contributed by atoms with Gasteiger partial charge in [-0.1, -0.05) is 303 Å². The van der Waals surface area contributed by atoms with Gasteiger partial charge in [-0.2, -0.15) is 0 Å². The highest BCUT2D eigenvalue weighted by atomic mass is 16.6. The first-order chi connectivity index (χ1) is 41.0. The Labute approximate surface area is 513 Å². The summed E-state index contributed by atoms with van der Waals surface area (Å²) in [6, 6.07) is 0. The summed E-state index contributed by atoms with van der Waals surface area (Å²) in [5.41, 5.74) is 0. The fraction of sp³-hybridized carbons (Fsp3) is 0.701. The molecule has 83 heavy (non-hydrogen) atoms. The summed E-state index contributed by atoms with van der Waals surface area (Å²) in [7, 11) is 0. The van der Waals surface area contributed by atoms with Gasteiger partial charge in [0.1, 0.15) is 13.2 Å². The van der Waals surface area contributed by atoms with Crippen LogP contribution in [0.3, 0.4) is 0 Å². The van der Waals surface area contributed by atoms with E-state index in [1.807, 2.05) is 0 Å². The molecule has 0 saturated carbocycles. The molecule has 0 fully saturated rings. The fourth-order valence-electron chi connectivity index (χ4n) is 9.75. The first-order valence-corrected chi connectivity index (χ1v) is 35.0. The minimum absolute atomic E-state index is 0.0916. The van der Waals surface area contributed by atoms with Gasteiger partial charge in [0, 0.05) is 19.3 Å². The van der Waals surface area contributed by atoms with Crippen molar-refractivity contribution in [3.05, 3.63) is 122 Å². The quantitative estimate of drug-likeness (QED) is 0.0261. The summed E-state index contributed by atoms with van der Waals surface area (Å²) in [5, 5.41) is 0. The average Bonchev–Trinajstić information content (AvgIpc) is 3.49. The number of carbonyl (C=O) groups excluding carboxylic acids is 3. The molecule has 0 spiro atoms. The lowest BCUT2D eigenvalue weighted by atomic mass is 10.0. The Morgan fingerprint density at radius 3 is 0.735 bits per heavy atom. The van der Waals surface area contributed by atoms with Crippen LogP contribution in [0.25, 0.3) is 0 Å². The molecule has 0 rings (SSSR count). The number of hydrogen-bond acceptors (Lipinski definition) is 6. The first kappa shape index (κ1) is 78.8. The van der Waals surface area contributed by atoms with Crippen molar-refractivity contribution < 1.29 is 28.6 Å². The molecule has 0 amide bonds. The van der Waals surface area contributed by atoms with Gasteiger partial charge in [-0.15, -0.1) is 0 Å². The molecule has 0 radical (unpaired) electrons. The van der Waals surface area contributed by atoms with Crippen LogP contribution < -0.4 is 0 Å². The van der Waals surface area contributed by atoms with Crippen molar-refractivity contribution in [2.75, 3.05) is 13.2 Å². The number of allylic oxidation sites excluding steroid dienone is 20. The highest BCUT2D eigenvalue weighted by Crippen LogP contribution is 2.17. The zero-order valence-electron chi connectivity index (χ0n) is 54.4. The summed E-state index contributed by atoms with van der Waals surface area (Å²) < 4.78 is 16.9. The van der Waals surface area contributed by atoms with Gasteiger partial charge in [0.2, 0.25) is 0 Å². The zero-order valence-corrected chi connectivity index (χ0v) is 54.4. The van der Waals surface area contributed by atoms with E-state index in [-0.39, 0.29) is 31.1 Å². The van der Waals surface area contributed by atoms with E-state index in [0.29, 0.717) is 19.3 Å². The van der Waals surface area contributed by atoms with Crippen LogP contribution in [0.1, 0.15) is 329 Å². The molecule has 0 saturated heterocycles. The third kappa shape index (κ3) is 68.5. The average molecular weight is 1150 g/mol. The van der Waals surface area contributed by atoms with Gasteiger partial charge in [0.15, 0.2) is 6.10 Å². The Balaban J connectivity index is 4.22. The van der Waals surface area contributed by atoms with Crippen molar-refractivity contribution in [1.29, 1.82) is 0 Å². The summed E-state index contributed by atoms with van der Waals surface area (Å²) in [6.45, 7) is 6.38. The van der Waals surface area contributed by atoms with Crippen molar-refractivity contribution in [2.24, 2.45) is 0 Å². The second-order valence-electron chi connectivity index (χ2n) is 23.0. The largest absolute Gasteiger partial charge is 0.462 e. The van der Waals surface area contributed by atoms with Gasteiger partial charge in [-0.25, -0.2) is 0 Å². The Kier molecular flexibility index (Phi) is 66.7. The minimum atomic E-state index is -0.799. The zero-order chi connectivity index (χ0) is 59.9. The van der Waals surface area contributed by atoms with E-state index in [1.165, 1.54) is 141 Å². The number of rotatable bonds is 63. The molecule has 1 atom stereocenters. The minimum Gasteiger partial charge on any atom is -0.462 e. The summed E-state index contributed by atoms with van der Waals surface area (Å²) in [5.74, 6) is -0.919. The Morgan fingerprint density at radius 2 is 0.470 bits per heavy atom. The lowest BCUT2D eigenvalue weighted by Crippen LogP contribution is -2.30. The topological polar surface area (TPSA) is 78.9 Å². The second-order valence-corrected chi connectivity index (χ2v) is 23.0. The molecule has 6 nitrogen and oxygen atoms in total. The maximum Gasteiger partial charge on any atom is 0.306 e.